The third-order valence-corrected chi connectivity index (χ3v) is 11.8. The Morgan fingerprint density at radius 3 is 2.09 bits per heavy atom. The summed E-state index contributed by atoms with van der Waals surface area (Å²) < 4.78 is 4.54. The second-order valence-electron chi connectivity index (χ2n) is 12.6. The first-order valence-electron chi connectivity index (χ1n) is 14.6. The van der Waals surface area contributed by atoms with Gasteiger partial charge in [-0.1, -0.05) is 41.0 Å². The fraction of sp³-hybridized carbons (Fsp3) is 0.967. The number of methoxy groups -OCH3 is 1. The van der Waals surface area contributed by atoms with E-state index in [1.165, 1.54) is 32.1 Å². The number of hydrogen-bond donors (Lipinski definition) is 2. The maximum absolute atomic E-state index is 12.3. The average Bonchev–Trinajstić information content (AvgIpc) is 3.29. The van der Waals surface area contributed by atoms with E-state index in [1.807, 2.05) is 20.8 Å². The summed E-state index contributed by atoms with van der Waals surface area (Å²) in [4.78, 5) is 12.3. The van der Waals surface area contributed by atoms with E-state index in [0.29, 0.717) is 34.5 Å². The van der Waals surface area contributed by atoms with Crippen LogP contribution in [0.5, 0.6) is 0 Å². The Kier molecular flexibility index (Phi) is 8.87. The van der Waals surface area contributed by atoms with Crippen molar-refractivity contribution in [3.8, 4) is 0 Å². The highest BCUT2D eigenvalue weighted by Gasteiger charge is 2.65. The number of fused-ring (bicyclic) bond motifs is 7. The summed E-state index contributed by atoms with van der Waals surface area (Å²) in [7, 11) is 1.68. The van der Waals surface area contributed by atoms with Crippen LogP contribution >= 0.6 is 0 Å². The van der Waals surface area contributed by atoms with E-state index in [1.54, 1.807) is 7.11 Å². The van der Waals surface area contributed by atoms with Crippen LogP contribution in [0.1, 0.15) is 112 Å². The Balaban J connectivity index is 0.000000492. The minimum Gasteiger partial charge on any atom is -0.481 e. The van der Waals surface area contributed by atoms with Gasteiger partial charge >= 0.3 is 5.97 Å². The van der Waals surface area contributed by atoms with Crippen molar-refractivity contribution in [3.05, 3.63) is 0 Å². The van der Waals surface area contributed by atoms with E-state index >= 15 is 0 Å². The molecule has 0 saturated heterocycles. The minimum absolute atomic E-state index is 0.108. The number of aliphatic carboxylic acids is 1. The number of ether oxygens (including phenoxy) is 1. The number of rotatable bonds is 2. The molecular weight excluding hydrogens is 424 g/mol. The van der Waals surface area contributed by atoms with Crippen LogP contribution in [-0.4, -0.2) is 36.0 Å². The van der Waals surface area contributed by atoms with E-state index < -0.39 is 11.4 Å². The van der Waals surface area contributed by atoms with Crippen LogP contribution in [0.3, 0.4) is 0 Å². The molecule has 5 rings (SSSR count). The molecule has 0 aromatic rings. The summed E-state index contributed by atoms with van der Waals surface area (Å²) in [5.41, 5.74) is 0.353. The lowest BCUT2D eigenvalue weighted by Crippen LogP contribution is -2.61. The van der Waals surface area contributed by atoms with Gasteiger partial charge in [0.25, 0.3) is 0 Å². The smallest absolute Gasteiger partial charge is 0.309 e. The van der Waals surface area contributed by atoms with Crippen molar-refractivity contribution >= 4 is 5.97 Å². The number of carboxylic acids is 1. The van der Waals surface area contributed by atoms with Gasteiger partial charge in [0.05, 0.1) is 11.5 Å². The molecule has 5 aliphatic carbocycles. The van der Waals surface area contributed by atoms with Crippen LogP contribution in [0.4, 0.5) is 0 Å². The number of aliphatic hydroxyl groups is 1. The van der Waals surface area contributed by atoms with Gasteiger partial charge in [0.1, 0.15) is 0 Å². The Bertz CT molecular complexity index is 691. The van der Waals surface area contributed by atoms with Crippen molar-refractivity contribution in [1.82, 2.24) is 0 Å². The highest BCUT2D eigenvalue weighted by Crippen LogP contribution is 2.71. The van der Waals surface area contributed by atoms with Gasteiger partial charge in [0.2, 0.25) is 0 Å². The summed E-state index contributed by atoms with van der Waals surface area (Å²) in [6.07, 6.45) is 12.4. The molecule has 0 spiro atoms. The fourth-order valence-electron chi connectivity index (χ4n) is 10.2. The third kappa shape index (κ3) is 4.27. The highest BCUT2D eigenvalue weighted by atomic mass is 16.5. The second kappa shape index (κ2) is 10.8. The molecule has 5 saturated carbocycles. The highest BCUT2D eigenvalue weighted by molar-refractivity contribution is 5.75. The van der Waals surface area contributed by atoms with Crippen LogP contribution < -0.4 is 0 Å². The predicted molar refractivity (Wildman–Crippen MR) is 139 cm³/mol. The molecular formula is C30H54O4. The zero-order chi connectivity index (χ0) is 25.3. The van der Waals surface area contributed by atoms with E-state index in [9.17, 15) is 15.0 Å². The molecule has 4 heteroatoms. The molecule has 0 amide bonds. The van der Waals surface area contributed by atoms with Gasteiger partial charge in [-0.3, -0.25) is 4.79 Å². The van der Waals surface area contributed by atoms with E-state index in [4.69, 9.17) is 0 Å². The zero-order valence-electron chi connectivity index (χ0n) is 23.2. The van der Waals surface area contributed by atoms with E-state index in [-0.39, 0.29) is 6.10 Å². The topological polar surface area (TPSA) is 66.8 Å². The third-order valence-electron chi connectivity index (χ3n) is 11.8. The molecule has 5 fully saturated rings. The maximum Gasteiger partial charge on any atom is 0.309 e. The normalized spacial score (nSPS) is 49.0. The quantitative estimate of drug-likeness (QED) is 0.441. The van der Waals surface area contributed by atoms with Gasteiger partial charge < -0.3 is 14.9 Å². The number of hydrogen-bond acceptors (Lipinski definition) is 3. The lowest BCUT2D eigenvalue weighted by Gasteiger charge is -2.67. The van der Waals surface area contributed by atoms with Gasteiger partial charge in [-0.05, 0) is 117 Å². The van der Waals surface area contributed by atoms with Crippen LogP contribution in [0, 0.1) is 51.8 Å². The summed E-state index contributed by atoms with van der Waals surface area (Å²) >= 11 is 0. The molecule has 0 radical (unpaired) electrons. The molecule has 0 heterocycles. The molecule has 0 bridgehead atoms. The molecule has 2 N–H and O–H groups in total. The summed E-state index contributed by atoms with van der Waals surface area (Å²) in [5, 5.41) is 20.6. The molecule has 0 aromatic carbocycles. The van der Waals surface area contributed by atoms with E-state index in [0.717, 1.165) is 57.0 Å². The van der Waals surface area contributed by atoms with Crippen molar-refractivity contribution in [2.45, 2.75) is 118 Å². The molecule has 34 heavy (non-hydrogen) atoms. The first-order chi connectivity index (χ1) is 16.2. The van der Waals surface area contributed by atoms with E-state index in [2.05, 4.69) is 25.5 Å². The first-order valence-corrected chi connectivity index (χ1v) is 14.6. The summed E-state index contributed by atoms with van der Waals surface area (Å²) in [6.45, 7) is 14.2. The van der Waals surface area contributed by atoms with Crippen molar-refractivity contribution in [2.75, 3.05) is 13.7 Å². The maximum atomic E-state index is 12.3. The minimum atomic E-state index is -0.494. The summed E-state index contributed by atoms with van der Waals surface area (Å²) in [6, 6.07) is 0. The molecule has 10 atom stereocenters. The Morgan fingerprint density at radius 2 is 1.47 bits per heavy atom. The zero-order valence-corrected chi connectivity index (χ0v) is 23.2. The van der Waals surface area contributed by atoms with Crippen LogP contribution in [0.15, 0.2) is 0 Å². The molecule has 0 aromatic heterocycles. The largest absolute Gasteiger partial charge is 0.481 e. The van der Waals surface area contributed by atoms with Crippen LogP contribution in [0.2, 0.25) is 0 Å². The molecule has 0 aliphatic heterocycles. The van der Waals surface area contributed by atoms with Crippen molar-refractivity contribution in [1.29, 1.82) is 0 Å². The van der Waals surface area contributed by atoms with Crippen LogP contribution in [0.25, 0.3) is 0 Å². The molecule has 10 unspecified atom stereocenters. The Labute approximate surface area is 209 Å². The van der Waals surface area contributed by atoms with Gasteiger partial charge in [0, 0.05) is 13.7 Å². The van der Waals surface area contributed by atoms with Crippen molar-refractivity contribution in [3.63, 3.8) is 0 Å². The summed E-state index contributed by atoms with van der Waals surface area (Å²) in [5.74, 6) is 3.15. The predicted octanol–water partition coefficient (Wildman–Crippen LogP) is 7.19. The Hall–Kier alpha value is -0.610. The first kappa shape index (κ1) is 28.0. The molecule has 5 aliphatic rings. The van der Waals surface area contributed by atoms with Gasteiger partial charge in [0.15, 0.2) is 0 Å². The van der Waals surface area contributed by atoms with Gasteiger partial charge in [-0.2, -0.15) is 0 Å². The lowest BCUT2D eigenvalue weighted by molar-refractivity contribution is -0.199. The number of carbonyl (C=O) groups is 1. The molecule has 4 nitrogen and oxygen atoms in total. The van der Waals surface area contributed by atoms with Crippen LogP contribution in [-0.2, 0) is 9.53 Å². The van der Waals surface area contributed by atoms with Crippen molar-refractivity contribution in [2.24, 2.45) is 51.8 Å². The SMILES string of the molecule is CC.CC1C(O)CCC2(C)C1CCC1(C)C3CCC4(C(=O)O)CCCC4C3CCC21.CCOC. The van der Waals surface area contributed by atoms with Gasteiger partial charge in [-0.15, -0.1) is 0 Å². The average molecular weight is 479 g/mol. The second-order valence-corrected chi connectivity index (χ2v) is 12.6. The fourth-order valence-corrected chi connectivity index (χ4v) is 10.2. The Morgan fingerprint density at radius 1 is 0.882 bits per heavy atom. The molecule has 198 valence electrons. The monoisotopic (exact) mass is 478 g/mol. The van der Waals surface area contributed by atoms with Crippen molar-refractivity contribution < 1.29 is 19.7 Å². The van der Waals surface area contributed by atoms with Gasteiger partial charge in [-0.25, -0.2) is 0 Å². The lowest BCUT2D eigenvalue weighted by atomic mass is 9.37. The number of carboxylic acid groups (broad SMARTS) is 1. The standard InChI is InChI=1S/C25H40O3.C3H8O.C2H6/c1-15-17-8-12-24(3)18-9-14-25(22(27)28)11-4-5-19(25)16(18)6-7-21(24)23(17,2)13-10-20(15)26;1-3-4-2;1-2/h15-21,26H,4-14H2,1-3H3,(H,27,28);3H2,1-2H3;1-2H3. The number of aliphatic hydroxyl groups excluding tert-OH is 1.